The number of benzene rings is 1. The lowest BCUT2D eigenvalue weighted by Gasteiger charge is -2.11. The summed E-state index contributed by atoms with van der Waals surface area (Å²) in [6.07, 6.45) is 0. The lowest BCUT2D eigenvalue weighted by atomic mass is 10.1. The van der Waals surface area contributed by atoms with Gasteiger partial charge in [0.2, 0.25) is 0 Å². The van der Waals surface area contributed by atoms with Gasteiger partial charge in [0.15, 0.2) is 0 Å². The fourth-order valence-corrected chi connectivity index (χ4v) is 1.79. The molecule has 0 fully saturated rings. The summed E-state index contributed by atoms with van der Waals surface area (Å²) in [4.78, 5) is 11.9. The molecule has 88 valence electrons. The number of carbonyl (C=O) groups excluding carboxylic acids is 1. The van der Waals surface area contributed by atoms with Crippen LogP contribution >= 0.6 is 27.5 Å². The Morgan fingerprint density at radius 3 is 2.88 bits per heavy atom. The molecule has 0 saturated heterocycles. The molecule has 0 bridgehead atoms. The predicted octanol–water partition coefficient (Wildman–Crippen LogP) is 3.36. The van der Waals surface area contributed by atoms with Crippen molar-refractivity contribution in [2.24, 2.45) is 5.92 Å². The van der Waals surface area contributed by atoms with E-state index in [2.05, 4.69) is 21.2 Å². The lowest BCUT2D eigenvalue weighted by Crippen LogP contribution is -2.29. The normalized spacial score (nSPS) is 12.2. The Kier molecular flexibility index (Phi) is 5.29. The second kappa shape index (κ2) is 6.26. The van der Waals surface area contributed by atoms with Gasteiger partial charge in [-0.05, 0) is 40.4 Å². The first kappa shape index (κ1) is 13.5. The standard InChI is InChI=1S/C12H15BrClNO/c1-8(6-14)7-15-12(16)10-5-3-4-9(2)11(10)13/h3-5,8H,6-7H2,1-2H3,(H,15,16). The van der Waals surface area contributed by atoms with E-state index in [4.69, 9.17) is 11.6 Å². The minimum atomic E-state index is -0.0625. The second-order valence-electron chi connectivity index (χ2n) is 3.91. The molecule has 0 aromatic heterocycles. The zero-order valence-corrected chi connectivity index (χ0v) is 11.7. The van der Waals surface area contributed by atoms with Gasteiger partial charge in [-0.3, -0.25) is 4.79 Å². The van der Waals surface area contributed by atoms with Crippen LogP contribution in [0.15, 0.2) is 22.7 Å². The van der Waals surface area contributed by atoms with Crippen molar-refractivity contribution in [3.63, 3.8) is 0 Å². The maximum Gasteiger partial charge on any atom is 0.252 e. The summed E-state index contributed by atoms with van der Waals surface area (Å²) in [5.41, 5.74) is 1.72. The zero-order chi connectivity index (χ0) is 12.1. The summed E-state index contributed by atoms with van der Waals surface area (Å²) in [5, 5.41) is 2.86. The van der Waals surface area contributed by atoms with Crippen LogP contribution in [0.3, 0.4) is 0 Å². The van der Waals surface area contributed by atoms with E-state index >= 15 is 0 Å². The first-order valence-corrected chi connectivity index (χ1v) is 6.48. The minimum Gasteiger partial charge on any atom is -0.352 e. The summed E-state index contributed by atoms with van der Waals surface area (Å²) in [6, 6.07) is 5.64. The number of amides is 1. The molecule has 0 aliphatic heterocycles. The van der Waals surface area contributed by atoms with E-state index in [9.17, 15) is 4.79 Å². The highest BCUT2D eigenvalue weighted by Crippen LogP contribution is 2.20. The molecule has 1 atom stereocenters. The number of hydrogen-bond donors (Lipinski definition) is 1. The molecule has 1 N–H and O–H groups in total. The van der Waals surface area contributed by atoms with Gasteiger partial charge in [-0.25, -0.2) is 0 Å². The van der Waals surface area contributed by atoms with E-state index in [0.29, 0.717) is 18.0 Å². The van der Waals surface area contributed by atoms with Crippen LogP contribution in [0.4, 0.5) is 0 Å². The number of nitrogens with one attached hydrogen (secondary N) is 1. The Hall–Kier alpha value is -0.540. The topological polar surface area (TPSA) is 29.1 Å². The third-order valence-electron chi connectivity index (χ3n) is 2.31. The van der Waals surface area contributed by atoms with E-state index in [-0.39, 0.29) is 11.8 Å². The maximum atomic E-state index is 11.9. The van der Waals surface area contributed by atoms with Crippen molar-refractivity contribution in [2.75, 3.05) is 12.4 Å². The molecule has 4 heteroatoms. The average molecular weight is 305 g/mol. The highest BCUT2D eigenvalue weighted by atomic mass is 79.9. The third-order valence-corrected chi connectivity index (χ3v) is 3.89. The van der Waals surface area contributed by atoms with E-state index < -0.39 is 0 Å². The molecule has 1 rings (SSSR count). The molecule has 0 saturated carbocycles. The molecule has 2 nitrogen and oxygen atoms in total. The fraction of sp³-hybridized carbons (Fsp3) is 0.417. The van der Waals surface area contributed by atoms with Gasteiger partial charge < -0.3 is 5.32 Å². The lowest BCUT2D eigenvalue weighted by molar-refractivity contribution is 0.0948. The van der Waals surface area contributed by atoms with Crippen molar-refractivity contribution in [3.05, 3.63) is 33.8 Å². The molecule has 0 heterocycles. The Bertz CT molecular complexity index is 381. The smallest absolute Gasteiger partial charge is 0.252 e. The Morgan fingerprint density at radius 1 is 1.56 bits per heavy atom. The van der Waals surface area contributed by atoms with E-state index in [1.807, 2.05) is 26.0 Å². The van der Waals surface area contributed by atoms with Crippen LogP contribution < -0.4 is 5.32 Å². The van der Waals surface area contributed by atoms with Crippen LogP contribution in [-0.2, 0) is 0 Å². The van der Waals surface area contributed by atoms with Crippen LogP contribution in [-0.4, -0.2) is 18.3 Å². The van der Waals surface area contributed by atoms with Gasteiger partial charge in [0.25, 0.3) is 5.91 Å². The van der Waals surface area contributed by atoms with Crippen molar-refractivity contribution in [3.8, 4) is 0 Å². The number of alkyl halides is 1. The quantitative estimate of drug-likeness (QED) is 0.849. The summed E-state index contributed by atoms with van der Waals surface area (Å²) in [5.74, 6) is 0.775. The molecule has 0 aliphatic rings. The van der Waals surface area contributed by atoms with Gasteiger partial charge in [-0.15, -0.1) is 11.6 Å². The summed E-state index contributed by atoms with van der Waals surface area (Å²) >= 11 is 9.10. The molecule has 1 aromatic rings. The molecule has 1 amide bonds. The molecule has 16 heavy (non-hydrogen) atoms. The van der Waals surface area contributed by atoms with Crippen molar-refractivity contribution < 1.29 is 4.79 Å². The van der Waals surface area contributed by atoms with Crippen molar-refractivity contribution in [1.82, 2.24) is 5.32 Å². The minimum absolute atomic E-state index is 0.0625. The highest BCUT2D eigenvalue weighted by molar-refractivity contribution is 9.10. The predicted molar refractivity (Wildman–Crippen MR) is 71.1 cm³/mol. The van der Waals surface area contributed by atoms with Gasteiger partial charge in [0.1, 0.15) is 0 Å². The Morgan fingerprint density at radius 2 is 2.25 bits per heavy atom. The number of hydrogen-bond acceptors (Lipinski definition) is 1. The van der Waals surface area contributed by atoms with E-state index in [0.717, 1.165) is 10.0 Å². The molecular weight excluding hydrogens is 289 g/mol. The average Bonchev–Trinajstić information content (AvgIpc) is 2.29. The SMILES string of the molecule is Cc1cccc(C(=O)NCC(C)CCl)c1Br. The van der Waals surface area contributed by atoms with Crippen LogP contribution in [0.2, 0.25) is 0 Å². The van der Waals surface area contributed by atoms with Gasteiger partial charge in [0, 0.05) is 16.9 Å². The van der Waals surface area contributed by atoms with Gasteiger partial charge in [-0.1, -0.05) is 19.1 Å². The zero-order valence-electron chi connectivity index (χ0n) is 9.39. The fourth-order valence-electron chi connectivity index (χ4n) is 1.24. The highest BCUT2D eigenvalue weighted by Gasteiger charge is 2.11. The molecule has 0 radical (unpaired) electrons. The van der Waals surface area contributed by atoms with Gasteiger partial charge >= 0.3 is 0 Å². The number of rotatable bonds is 4. The first-order chi connectivity index (χ1) is 7.56. The van der Waals surface area contributed by atoms with Crippen molar-refractivity contribution >= 4 is 33.4 Å². The monoisotopic (exact) mass is 303 g/mol. The number of halogens is 2. The first-order valence-electron chi connectivity index (χ1n) is 5.15. The van der Waals surface area contributed by atoms with Gasteiger partial charge in [-0.2, -0.15) is 0 Å². The summed E-state index contributed by atoms with van der Waals surface area (Å²) < 4.78 is 0.853. The van der Waals surface area contributed by atoms with Crippen LogP contribution in [0, 0.1) is 12.8 Å². The van der Waals surface area contributed by atoms with Crippen LogP contribution in [0.25, 0.3) is 0 Å². The number of carbonyl (C=O) groups is 1. The largest absolute Gasteiger partial charge is 0.352 e. The summed E-state index contributed by atoms with van der Waals surface area (Å²) in [6.45, 7) is 4.56. The van der Waals surface area contributed by atoms with Crippen molar-refractivity contribution in [2.45, 2.75) is 13.8 Å². The van der Waals surface area contributed by atoms with Crippen LogP contribution in [0.5, 0.6) is 0 Å². The molecular formula is C12H15BrClNO. The maximum absolute atomic E-state index is 11.9. The van der Waals surface area contributed by atoms with E-state index in [1.165, 1.54) is 0 Å². The second-order valence-corrected chi connectivity index (χ2v) is 5.01. The third kappa shape index (κ3) is 3.49. The molecule has 1 aromatic carbocycles. The van der Waals surface area contributed by atoms with E-state index in [1.54, 1.807) is 6.07 Å². The molecule has 0 spiro atoms. The summed E-state index contributed by atoms with van der Waals surface area (Å²) in [7, 11) is 0. The molecule has 1 unspecified atom stereocenters. The Balaban J connectivity index is 2.70. The Labute approximate surface area is 110 Å². The molecule has 0 aliphatic carbocycles. The van der Waals surface area contributed by atoms with Gasteiger partial charge in [0.05, 0.1) is 5.56 Å². The van der Waals surface area contributed by atoms with Crippen molar-refractivity contribution in [1.29, 1.82) is 0 Å². The number of aryl methyl sites for hydroxylation is 1. The van der Waals surface area contributed by atoms with Crippen LogP contribution in [0.1, 0.15) is 22.8 Å².